The molecular formula is C12H9N5. The lowest BCUT2D eigenvalue weighted by atomic mass is 10.3. The summed E-state index contributed by atoms with van der Waals surface area (Å²) < 4.78 is 1.88. The third-order valence-corrected chi connectivity index (χ3v) is 2.64. The first kappa shape index (κ1) is 9.60. The number of rotatable bonds is 1. The zero-order chi connectivity index (χ0) is 11.8. The van der Waals surface area contributed by atoms with E-state index in [4.69, 9.17) is 5.26 Å². The lowest BCUT2D eigenvalue weighted by Gasteiger charge is -2.05. The molecule has 0 amide bonds. The van der Waals surface area contributed by atoms with E-state index in [1.54, 1.807) is 13.2 Å². The van der Waals surface area contributed by atoms with Crippen molar-refractivity contribution >= 4 is 22.5 Å². The molecule has 82 valence electrons. The normalized spacial score (nSPS) is 10.6. The van der Waals surface area contributed by atoms with E-state index in [1.165, 1.54) is 0 Å². The highest BCUT2D eigenvalue weighted by atomic mass is 15.1. The first-order valence-corrected chi connectivity index (χ1v) is 5.19. The minimum absolute atomic E-state index is 0.389. The standard InChI is InChI=1S/C12H9N5/c1-14-11-12-15-8(6-13)7-17(12)10-5-3-2-4-9(10)16-11/h2-5,7H,1H3,(H,14,16). The van der Waals surface area contributed by atoms with Crippen molar-refractivity contribution in [2.24, 2.45) is 0 Å². The predicted molar refractivity (Wildman–Crippen MR) is 64.8 cm³/mol. The average Bonchev–Trinajstić information content (AvgIpc) is 2.82. The molecule has 3 rings (SSSR count). The van der Waals surface area contributed by atoms with Crippen molar-refractivity contribution in [1.82, 2.24) is 14.4 Å². The molecule has 0 aliphatic rings. The number of benzene rings is 1. The Kier molecular flexibility index (Phi) is 1.95. The second-order valence-corrected chi connectivity index (χ2v) is 3.63. The number of nitriles is 1. The van der Waals surface area contributed by atoms with Crippen molar-refractivity contribution in [3.05, 3.63) is 36.2 Å². The molecule has 5 heteroatoms. The summed E-state index contributed by atoms with van der Waals surface area (Å²) in [5.74, 6) is 0.671. The maximum absolute atomic E-state index is 8.91. The summed E-state index contributed by atoms with van der Waals surface area (Å²) in [4.78, 5) is 8.69. The van der Waals surface area contributed by atoms with Crippen molar-refractivity contribution in [3.63, 3.8) is 0 Å². The zero-order valence-electron chi connectivity index (χ0n) is 9.18. The summed E-state index contributed by atoms with van der Waals surface area (Å²) in [6.45, 7) is 0. The van der Waals surface area contributed by atoms with Gasteiger partial charge in [0, 0.05) is 13.2 Å². The Hall–Kier alpha value is -2.61. The number of nitrogens with one attached hydrogen (secondary N) is 1. The van der Waals surface area contributed by atoms with Gasteiger partial charge in [0.2, 0.25) is 0 Å². The smallest absolute Gasteiger partial charge is 0.181 e. The molecule has 0 fully saturated rings. The topological polar surface area (TPSA) is 66.0 Å². The summed E-state index contributed by atoms with van der Waals surface area (Å²) in [7, 11) is 1.79. The molecule has 1 aromatic carbocycles. The van der Waals surface area contributed by atoms with Gasteiger partial charge in [0.15, 0.2) is 17.2 Å². The van der Waals surface area contributed by atoms with Crippen molar-refractivity contribution < 1.29 is 0 Å². The van der Waals surface area contributed by atoms with Gasteiger partial charge in [-0.05, 0) is 12.1 Å². The van der Waals surface area contributed by atoms with E-state index in [9.17, 15) is 0 Å². The minimum atomic E-state index is 0.389. The number of anilines is 1. The number of imidazole rings is 1. The predicted octanol–water partition coefficient (Wildman–Crippen LogP) is 1.80. The van der Waals surface area contributed by atoms with Crippen LogP contribution in [0.15, 0.2) is 30.5 Å². The summed E-state index contributed by atoms with van der Waals surface area (Å²) >= 11 is 0. The van der Waals surface area contributed by atoms with Gasteiger partial charge in [-0.2, -0.15) is 5.26 Å². The first-order valence-electron chi connectivity index (χ1n) is 5.19. The summed E-state index contributed by atoms with van der Waals surface area (Å²) in [5.41, 5.74) is 2.86. The fraction of sp³-hybridized carbons (Fsp3) is 0.0833. The number of hydrogen-bond donors (Lipinski definition) is 1. The van der Waals surface area contributed by atoms with Crippen LogP contribution in [-0.2, 0) is 0 Å². The Bertz CT molecular complexity index is 751. The molecule has 17 heavy (non-hydrogen) atoms. The molecule has 1 N–H and O–H groups in total. The van der Waals surface area contributed by atoms with Crippen molar-refractivity contribution in [2.75, 3.05) is 12.4 Å². The average molecular weight is 223 g/mol. The molecule has 0 atom stereocenters. The van der Waals surface area contributed by atoms with Crippen LogP contribution in [0.1, 0.15) is 5.69 Å². The highest BCUT2D eigenvalue weighted by Crippen LogP contribution is 2.20. The fourth-order valence-electron chi connectivity index (χ4n) is 1.89. The van der Waals surface area contributed by atoms with Crippen molar-refractivity contribution in [3.8, 4) is 6.07 Å². The highest BCUT2D eigenvalue weighted by molar-refractivity contribution is 5.83. The van der Waals surface area contributed by atoms with Gasteiger partial charge in [-0.1, -0.05) is 12.1 Å². The molecule has 0 saturated carbocycles. The van der Waals surface area contributed by atoms with Crippen LogP contribution < -0.4 is 5.32 Å². The van der Waals surface area contributed by atoms with Crippen LogP contribution in [-0.4, -0.2) is 21.4 Å². The molecule has 0 saturated heterocycles. The van der Waals surface area contributed by atoms with Gasteiger partial charge in [-0.15, -0.1) is 0 Å². The van der Waals surface area contributed by atoms with Gasteiger partial charge in [-0.3, -0.25) is 4.40 Å². The lowest BCUT2D eigenvalue weighted by molar-refractivity contribution is 1.20. The number of aromatic nitrogens is 3. The summed E-state index contributed by atoms with van der Waals surface area (Å²) in [6.07, 6.45) is 1.72. The van der Waals surface area contributed by atoms with E-state index in [1.807, 2.05) is 34.7 Å². The van der Waals surface area contributed by atoms with Gasteiger partial charge in [-0.25, -0.2) is 9.97 Å². The molecule has 2 heterocycles. The van der Waals surface area contributed by atoms with E-state index >= 15 is 0 Å². The third kappa shape index (κ3) is 1.31. The Labute approximate surface area is 97.3 Å². The van der Waals surface area contributed by atoms with Gasteiger partial charge in [0.25, 0.3) is 0 Å². The summed E-state index contributed by atoms with van der Waals surface area (Å²) in [5, 5.41) is 11.9. The molecule has 0 radical (unpaired) electrons. The largest absolute Gasteiger partial charge is 0.370 e. The van der Waals surface area contributed by atoms with Crippen LogP contribution in [0.5, 0.6) is 0 Å². The number of fused-ring (bicyclic) bond motifs is 3. The highest BCUT2D eigenvalue weighted by Gasteiger charge is 2.10. The van der Waals surface area contributed by atoms with Crippen LogP contribution in [0, 0.1) is 11.3 Å². The van der Waals surface area contributed by atoms with Crippen LogP contribution in [0.2, 0.25) is 0 Å². The van der Waals surface area contributed by atoms with Crippen LogP contribution in [0.3, 0.4) is 0 Å². The van der Waals surface area contributed by atoms with Crippen molar-refractivity contribution in [2.45, 2.75) is 0 Å². The van der Waals surface area contributed by atoms with Crippen LogP contribution in [0.4, 0.5) is 5.82 Å². The molecule has 5 nitrogen and oxygen atoms in total. The molecule has 0 aliphatic carbocycles. The van der Waals surface area contributed by atoms with E-state index < -0.39 is 0 Å². The van der Waals surface area contributed by atoms with Gasteiger partial charge < -0.3 is 5.32 Å². The van der Waals surface area contributed by atoms with E-state index in [0.717, 1.165) is 11.0 Å². The zero-order valence-corrected chi connectivity index (χ0v) is 9.18. The second kappa shape index (κ2) is 3.46. The van der Waals surface area contributed by atoms with E-state index in [2.05, 4.69) is 15.3 Å². The SMILES string of the molecule is CNc1nc2ccccc2n2cc(C#N)nc12. The van der Waals surface area contributed by atoms with Crippen LogP contribution >= 0.6 is 0 Å². The van der Waals surface area contributed by atoms with Gasteiger partial charge in [0.1, 0.15) is 6.07 Å². The first-order chi connectivity index (χ1) is 8.33. The number of para-hydroxylation sites is 2. The third-order valence-electron chi connectivity index (χ3n) is 2.64. The Morgan fingerprint density at radius 3 is 2.88 bits per heavy atom. The Balaban J connectivity index is 2.54. The lowest BCUT2D eigenvalue weighted by Crippen LogP contribution is -1.98. The monoisotopic (exact) mass is 223 g/mol. The molecule has 0 bridgehead atoms. The quantitative estimate of drug-likeness (QED) is 0.683. The van der Waals surface area contributed by atoms with Crippen molar-refractivity contribution in [1.29, 1.82) is 5.26 Å². The van der Waals surface area contributed by atoms with E-state index in [-0.39, 0.29) is 0 Å². The number of nitrogens with zero attached hydrogens (tertiary/aromatic N) is 4. The Morgan fingerprint density at radius 1 is 1.29 bits per heavy atom. The molecule has 0 aliphatic heterocycles. The molecule has 3 aromatic rings. The van der Waals surface area contributed by atoms with E-state index in [0.29, 0.717) is 17.2 Å². The molecule has 2 aromatic heterocycles. The maximum atomic E-state index is 8.91. The summed E-state index contributed by atoms with van der Waals surface area (Å²) in [6, 6.07) is 9.81. The molecular weight excluding hydrogens is 214 g/mol. The Morgan fingerprint density at radius 2 is 2.12 bits per heavy atom. The molecule has 0 spiro atoms. The maximum Gasteiger partial charge on any atom is 0.181 e. The minimum Gasteiger partial charge on any atom is -0.370 e. The fourth-order valence-corrected chi connectivity index (χ4v) is 1.89. The molecule has 0 unspecified atom stereocenters. The van der Waals surface area contributed by atoms with Gasteiger partial charge in [0.05, 0.1) is 11.0 Å². The van der Waals surface area contributed by atoms with Crippen LogP contribution in [0.25, 0.3) is 16.7 Å². The second-order valence-electron chi connectivity index (χ2n) is 3.63. The number of hydrogen-bond acceptors (Lipinski definition) is 4. The van der Waals surface area contributed by atoms with Gasteiger partial charge >= 0.3 is 0 Å².